The zero-order valence-electron chi connectivity index (χ0n) is 40.7. The molecule has 4 heteroatoms. The third-order valence-electron chi connectivity index (χ3n) is 16.0. The number of benzene rings is 5. The molecule has 2 aliphatic heterocycles. The van der Waals surface area contributed by atoms with E-state index in [1.54, 1.807) is 0 Å². The predicted molar refractivity (Wildman–Crippen MR) is 273 cm³/mol. The molecule has 2 nitrogen and oxygen atoms in total. The van der Waals surface area contributed by atoms with Gasteiger partial charge in [-0.2, -0.15) is 0 Å². The van der Waals surface area contributed by atoms with Gasteiger partial charge in [0.1, 0.15) is 0 Å². The van der Waals surface area contributed by atoms with Gasteiger partial charge in [-0.1, -0.05) is 127 Å². The summed E-state index contributed by atoms with van der Waals surface area (Å²) in [6.07, 6.45) is 4.80. The van der Waals surface area contributed by atoms with Crippen LogP contribution in [0.2, 0.25) is 0 Å². The fraction of sp³-hybridized carbons (Fsp3) is 0.448. The van der Waals surface area contributed by atoms with Gasteiger partial charge >= 0.3 is 0 Å². The summed E-state index contributed by atoms with van der Waals surface area (Å²) in [6, 6.07) is 32.6. The SMILES string of the molecule is Cc1cc2c3c(c1)N(c1ccc4c(c1)C(C)(C)CCC4(C)C)c1c(sc4ccc(C(C)(C)C)cc14)B3c1cc(C(C)(C)C)ccc1N2c1cc2c(cc1C)C(C)(C)CCC2(C)C. The number of nitrogens with zero attached hydrogens (tertiary/aromatic N) is 2. The van der Waals surface area contributed by atoms with Crippen molar-refractivity contribution in [3.63, 3.8) is 0 Å². The Kier molecular flexibility index (Phi) is 8.85. The Bertz CT molecular complexity index is 2870. The van der Waals surface area contributed by atoms with Crippen molar-refractivity contribution in [2.24, 2.45) is 0 Å². The Labute approximate surface area is 378 Å². The zero-order chi connectivity index (χ0) is 44.4. The highest BCUT2D eigenvalue weighted by molar-refractivity contribution is 7.33. The molecule has 0 saturated carbocycles. The maximum atomic E-state index is 2.71. The topological polar surface area (TPSA) is 6.48 Å². The van der Waals surface area contributed by atoms with Gasteiger partial charge in [-0.25, -0.2) is 0 Å². The van der Waals surface area contributed by atoms with E-state index in [-0.39, 0.29) is 39.2 Å². The second-order valence-electron chi connectivity index (χ2n) is 24.6. The Morgan fingerprint density at radius 3 is 1.66 bits per heavy atom. The lowest BCUT2D eigenvalue weighted by Gasteiger charge is -2.46. The first kappa shape index (κ1) is 41.7. The average Bonchev–Trinajstić information content (AvgIpc) is 3.56. The van der Waals surface area contributed by atoms with Gasteiger partial charge in [0.05, 0.1) is 5.69 Å². The van der Waals surface area contributed by atoms with Crippen LogP contribution in [0.25, 0.3) is 10.1 Å². The summed E-state index contributed by atoms with van der Waals surface area (Å²) >= 11 is 2.02. The summed E-state index contributed by atoms with van der Waals surface area (Å²) in [5.74, 6) is 0. The molecule has 0 unspecified atom stereocenters. The number of rotatable bonds is 2. The molecular formula is C58H69BN2S. The monoisotopic (exact) mass is 837 g/mol. The predicted octanol–water partition coefficient (Wildman–Crippen LogP) is 14.9. The minimum atomic E-state index is 0.00258. The first-order chi connectivity index (χ1) is 28.8. The second-order valence-corrected chi connectivity index (χ2v) is 25.7. The van der Waals surface area contributed by atoms with E-state index in [0.717, 1.165) is 0 Å². The number of hydrogen-bond donors (Lipinski definition) is 0. The minimum Gasteiger partial charge on any atom is -0.311 e. The van der Waals surface area contributed by atoms with Crippen LogP contribution >= 0.6 is 11.3 Å². The zero-order valence-corrected chi connectivity index (χ0v) is 41.5. The van der Waals surface area contributed by atoms with Gasteiger partial charge in [-0.15, -0.1) is 11.3 Å². The summed E-state index contributed by atoms with van der Waals surface area (Å²) in [4.78, 5) is 5.40. The molecule has 6 aromatic rings. The standard InChI is InChI=1S/C58H69BN2S/c1-34-27-47-50-48(28-34)61(46-33-43-41(29-35(46)2)56(11,12)25-26-58(43,15)16)45-21-17-37(54(6,7)8)31-44(45)59(50)52-51(39-30-36(53(3,4)5)18-22-49(39)62-52)60(47)38-19-20-40-42(32-38)57(13,14)24-23-55(40,9)10/h17-22,27-33H,23-26H2,1-16H3. The van der Waals surface area contributed by atoms with Crippen molar-refractivity contribution in [2.75, 3.05) is 9.80 Å². The molecule has 4 aliphatic rings. The van der Waals surface area contributed by atoms with Crippen LogP contribution in [0.1, 0.15) is 167 Å². The quantitative estimate of drug-likeness (QED) is 0.160. The Morgan fingerprint density at radius 2 is 1.05 bits per heavy atom. The van der Waals surface area contributed by atoms with Crippen molar-refractivity contribution >= 4 is 78.0 Å². The molecule has 320 valence electrons. The highest BCUT2D eigenvalue weighted by Gasteiger charge is 2.47. The molecule has 3 heterocycles. The summed E-state index contributed by atoms with van der Waals surface area (Å²) in [6.45, 7) is 38.6. The molecule has 0 radical (unpaired) electrons. The van der Waals surface area contributed by atoms with Crippen molar-refractivity contribution in [1.82, 2.24) is 0 Å². The van der Waals surface area contributed by atoms with Crippen molar-refractivity contribution < 1.29 is 0 Å². The van der Waals surface area contributed by atoms with Gasteiger partial charge in [-0.3, -0.25) is 0 Å². The Balaban J connectivity index is 1.33. The van der Waals surface area contributed by atoms with E-state index >= 15 is 0 Å². The molecule has 0 N–H and O–H groups in total. The van der Waals surface area contributed by atoms with Gasteiger partial charge in [-0.05, 0) is 176 Å². The second kappa shape index (κ2) is 13.2. The van der Waals surface area contributed by atoms with Crippen molar-refractivity contribution in [1.29, 1.82) is 0 Å². The van der Waals surface area contributed by atoms with Crippen LogP contribution in [0.15, 0.2) is 78.9 Å². The summed E-state index contributed by atoms with van der Waals surface area (Å²) in [7, 11) is 0. The van der Waals surface area contributed by atoms with Crippen LogP contribution in [0, 0.1) is 13.8 Å². The van der Waals surface area contributed by atoms with Crippen LogP contribution in [-0.4, -0.2) is 6.71 Å². The smallest absolute Gasteiger partial charge is 0.264 e. The van der Waals surface area contributed by atoms with E-state index < -0.39 is 0 Å². The molecule has 0 spiro atoms. The largest absolute Gasteiger partial charge is 0.311 e. The Hall–Kier alpha value is -4.28. The van der Waals surface area contributed by atoms with Crippen LogP contribution < -0.4 is 25.5 Å². The van der Waals surface area contributed by atoms with Crippen LogP contribution in [0.3, 0.4) is 0 Å². The van der Waals surface area contributed by atoms with Gasteiger partial charge in [0, 0.05) is 43.3 Å². The van der Waals surface area contributed by atoms with Crippen LogP contribution in [-0.2, 0) is 32.5 Å². The molecule has 62 heavy (non-hydrogen) atoms. The molecular weight excluding hydrogens is 768 g/mol. The summed E-state index contributed by atoms with van der Waals surface area (Å²) in [5, 5.41) is 1.37. The van der Waals surface area contributed by atoms with E-state index in [4.69, 9.17) is 0 Å². The Morgan fingerprint density at radius 1 is 0.516 bits per heavy atom. The lowest BCUT2D eigenvalue weighted by Crippen LogP contribution is -2.60. The fourth-order valence-electron chi connectivity index (χ4n) is 11.8. The summed E-state index contributed by atoms with van der Waals surface area (Å²) < 4.78 is 2.82. The molecule has 2 aliphatic carbocycles. The highest BCUT2D eigenvalue weighted by atomic mass is 32.1. The maximum Gasteiger partial charge on any atom is 0.264 e. The van der Waals surface area contributed by atoms with E-state index in [9.17, 15) is 0 Å². The molecule has 0 bridgehead atoms. The normalized spacial score (nSPS) is 19.1. The lowest BCUT2D eigenvalue weighted by molar-refractivity contribution is 0.332. The molecule has 0 amide bonds. The van der Waals surface area contributed by atoms with Gasteiger partial charge in [0.25, 0.3) is 6.71 Å². The van der Waals surface area contributed by atoms with E-state index in [0.29, 0.717) is 0 Å². The molecule has 0 saturated heterocycles. The third kappa shape index (κ3) is 6.15. The molecule has 5 aromatic carbocycles. The average molecular weight is 837 g/mol. The van der Waals surface area contributed by atoms with Gasteiger partial charge < -0.3 is 9.80 Å². The maximum absolute atomic E-state index is 2.71. The number of thiophene rings is 1. The lowest BCUT2D eigenvalue weighted by atomic mass is 9.36. The summed E-state index contributed by atoms with van der Waals surface area (Å²) in [5.41, 5.74) is 22.7. The fourth-order valence-corrected chi connectivity index (χ4v) is 13.0. The van der Waals surface area contributed by atoms with E-state index in [1.165, 1.54) is 130 Å². The molecule has 0 atom stereocenters. The molecule has 10 rings (SSSR count). The van der Waals surface area contributed by atoms with Gasteiger partial charge in [0.2, 0.25) is 0 Å². The molecule has 0 fully saturated rings. The first-order valence-electron chi connectivity index (χ1n) is 23.6. The van der Waals surface area contributed by atoms with E-state index in [2.05, 4.69) is 199 Å². The van der Waals surface area contributed by atoms with Crippen LogP contribution in [0.5, 0.6) is 0 Å². The first-order valence-corrected chi connectivity index (χ1v) is 24.4. The molecule has 1 aromatic heterocycles. The highest BCUT2D eigenvalue weighted by Crippen LogP contribution is 2.54. The van der Waals surface area contributed by atoms with Crippen molar-refractivity contribution in [3.8, 4) is 0 Å². The third-order valence-corrected chi connectivity index (χ3v) is 17.3. The van der Waals surface area contributed by atoms with Gasteiger partial charge in [0.15, 0.2) is 0 Å². The van der Waals surface area contributed by atoms with Crippen LogP contribution in [0.4, 0.5) is 34.1 Å². The number of hydrogen-bond acceptors (Lipinski definition) is 3. The number of aryl methyl sites for hydroxylation is 2. The van der Waals surface area contributed by atoms with Crippen molar-refractivity contribution in [3.05, 3.63) is 123 Å². The van der Waals surface area contributed by atoms with Crippen molar-refractivity contribution in [2.45, 2.75) is 169 Å². The minimum absolute atomic E-state index is 0.00258. The number of anilines is 6. The number of fused-ring (bicyclic) bond motifs is 8. The van der Waals surface area contributed by atoms with E-state index in [1.807, 2.05) is 11.3 Å².